The van der Waals surface area contributed by atoms with Crippen LogP contribution in [0.1, 0.15) is 23.7 Å². The number of carbonyl (C=O) groups excluding carboxylic acids is 1. The summed E-state index contributed by atoms with van der Waals surface area (Å²) < 4.78 is 36.2. The van der Waals surface area contributed by atoms with Crippen molar-refractivity contribution in [3.05, 3.63) is 29.8 Å². The van der Waals surface area contributed by atoms with Crippen molar-refractivity contribution in [2.75, 3.05) is 0 Å². The van der Waals surface area contributed by atoms with E-state index in [1.165, 1.54) is 13.0 Å². The number of rotatable bonds is 3. The molecule has 0 saturated heterocycles. The molecule has 0 spiro atoms. The second kappa shape index (κ2) is 5.44. The van der Waals surface area contributed by atoms with Gasteiger partial charge in [0.1, 0.15) is 0 Å². The van der Waals surface area contributed by atoms with Gasteiger partial charge in [-0.05, 0) is 19.1 Å². The van der Waals surface area contributed by atoms with E-state index in [9.17, 15) is 18.0 Å². The smallest absolute Gasteiger partial charge is 0.349 e. The van der Waals surface area contributed by atoms with E-state index in [0.717, 1.165) is 0 Å². The number of nitrogens with one attached hydrogen (secondary N) is 1. The number of carbonyl (C=O) groups is 1. The zero-order valence-corrected chi connectivity index (χ0v) is 9.98. The van der Waals surface area contributed by atoms with Gasteiger partial charge < -0.3 is 5.32 Å². The summed E-state index contributed by atoms with van der Waals surface area (Å²) in [6, 6.07) is 5.47. The number of hydrogen-bond acceptors (Lipinski definition) is 2. The van der Waals surface area contributed by atoms with E-state index in [4.69, 9.17) is 0 Å². The van der Waals surface area contributed by atoms with Crippen molar-refractivity contribution in [2.45, 2.75) is 30.5 Å². The van der Waals surface area contributed by atoms with Crippen molar-refractivity contribution in [3.63, 3.8) is 0 Å². The lowest BCUT2D eigenvalue weighted by Gasteiger charge is -2.16. The molecule has 94 valence electrons. The number of benzene rings is 1. The first-order chi connectivity index (χ1) is 7.79. The molecule has 0 bridgehead atoms. The number of thiol groups is 1. The van der Waals surface area contributed by atoms with Crippen molar-refractivity contribution in [1.29, 1.82) is 0 Å². The monoisotopic (exact) mass is 263 g/mol. The molecule has 1 unspecified atom stereocenters. The van der Waals surface area contributed by atoms with Gasteiger partial charge in [0.2, 0.25) is 0 Å². The first-order valence-corrected chi connectivity index (χ1v) is 5.40. The minimum Gasteiger partial charge on any atom is -0.349 e. The normalized spacial score (nSPS) is 13.2. The van der Waals surface area contributed by atoms with Gasteiger partial charge in [0.25, 0.3) is 5.91 Å². The molecule has 6 heteroatoms. The minimum absolute atomic E-state index is 0.268. The summed E-state index contributed by atoms with van der Waals surface area (Å²) in [4.78, 5) is 12.1. The third kappa shape index (κ3) is 4.68. The highest BCUT2D eigenvalue weighted by molar-refractivity contribution is 7.80. The Morgan fingerprint density at radius 2 is 2.00 bits per heavy atom. The maximum absolute atomic E-state index is 12.1. The quantitative estimate of drug-likeness (QED) is 0.806. The highest BCUT2D eigenvalue weighted by atomic mass is 32.1. The molecule has 2 nitrogen and oxygen atoms in total. The zero-order valence-electron chi connectivity index (χ0n) is 9.08. The maximum Gasteiger partial charge on any atom is 0.391 e. The van der Waals surface area contributed by atoms with E-state index in [1.54, 1.807) is 18.2 Å². The molecule has 0 fully saturated rings. The third-order valence-corrected chi connectivity index (χ3v) is 2.45. The van der Waals surface area contributed by atoms with Crippen LogP contribution < -0.4 is 5.32 Å². The average Bonchev–Trinajstić information content (AvgIpc) is 2.14. The van der Waals surface area contributed by atoms with E-state index < -0.39 is 24.5 Å². The summed E-state index contributed by atoms with van der Waals surface area (Å²) >= 11 is 4.06. The van der Waals surface area contributed by atoms with Crippen LogP contribution in [0.2, 0.25) is 0 Å². The molecule has 0 aromatic heterocycles. The van der Waals surface area contributed by atoms with Gasteiger partial charge in [-0.15, -0.1) is 12.6 Å². The second-order valence-corrected chi connectivity index (χ2v) is 4.19. The van der Waals surface area contributed by atoms with Gasteiger partial charge in [0, 0.05) is 10.9 Å². The Hall–Kier alpha value is -1.17. The Morgan fingerprint density at radius 1 is 1.41 bits per heavy atom. The summed E-state index contributed by atoms with van der Waals surface area (Å²) in [5, 5.41) is 2.29. The Balaban J connectivity index is 2.64. The molecule has 1 aromatic carbocycles. The summed E-state index contributed by atoms with van der Waals surface area (Å²) in [6.45, 7) is 1.31. The van der Waals surface area contributed by atoms with Crippen LogP contribution in [0.5, 0.6) is 0 Å². The molecule has 0 aliphatic carbocycles. The van der Waals surface area contributed by atoms with Gasteiger partial charge in [0.15, 0.2) is 0 Å². The molecule has 1 N–H and O–H groups in total. The van der Waals surface area contributed by atoms with Crippen LogP contribution in [0.4, 0.5) is 13.2 Å². The molecular formula is C11H12F3NOS. The molecule has 0 saturated carbocycles. The Bertz CT molecular complexity index is 406. The standard InChI is InChI=1S/C11H12F3NOS/c1-7(6-11(12,13)14)15-10(16)8-4-2-3-5-9(8)17/h2-5,7,17H,6H2,1H3,(H,15,16). The van der Waals surface area contributed by atoms with E-state index >= 15 is 0 Å². The van der Waals surface area contributed by atoms with Gasteiger partial charge in [-0.2, -0.15) is 13.2 Å². The average molecular weight is 263 g/mol. The van der Waals surface area contributed by atoms with Crippen molar-refractivity contribution < 1.29 is 18.0 Å². The number of halogens is 3. The van der Waals surface area contributed by atoms with Crippen LogP contribution in [0.25, 0.3) is 0 Å². The third-order valence-electron chi connectivity index (χ3n) is 2.06. The van der Waals surface area contributed by atoms with E-state index in [2.05, 4.69) is 17.9 Å². The Labute approximate surface area is 103 Å². The van der Waals surface area contributed by atoms with Crippen molar-refractivity contribution in [2.24, 2.45) is 0 Å². The largest absolute Gasteiger partial charge is 0.391 e. The van der Waals surface area contributed by atoms with Gasteiger partial charge in [-0.25, -0.2) is 0 Å². The lowest BCUT2D eigenvalue weighted by Crippen LogP contribution is -2.36. The predicted octanol–water partition coefficient (Wildman–Crippen LogP) is 3.05. The number of hydrogen-bond donors (Lipinski definition) is 2. The first-order valence-electron chi connectivity index (χ1n) is 4.95. The molecule has 17 heavy (non-hydrogen) atoms. The molecule has 1 aromatic rings. The van der Waals surface area contributed by atoms with E-state index in [-0.39, 0.29) is 5.56 Å². The predicted molar refractivity (Wildman–Crippen MR) is 61.3 cm³/mol. The fourth-order valence-corrected chi connectivity index (χ4v) is 1.63. The van der Waals surface area contributed by atoms with Crippen LogP contribution in [0.3, 0.4) is 0 Å². The molecule has 1 atom stereocenters. The van der Waals surface area contributed by atoms with Gasteiger partial charge in [-0.1, -0.05) is 12.1 Å². The molecule has 0 aliphatic heterocycles. The van der Waals surface area contributed by atoms with Crippen LogP contribution in [0, 0.1) is 0 Å². The van der Waals surface area contributed by atoms with Crippen LogP contribution in [0.15, 0.2) is 29.2 Å². The van der Waals surface area contributed by atoms with Gasteiger partial charge >= 0.3 is 6.18 Å². The molecule has 0 heterocycles. The SMILES string of the molecule is CC(CC(F)(F)F)NC(=O)c1ccccc1S. The molecule has 1 rings (SSSR count). The summed E-state index contributed by atoms with van der Waals surface area (Å²) in [7, 11) is 0. The molecule has 0 aliphatic rings. The topological polar surface area (TPSA) is 29.1 Å². The fourth-order valence-electron chi connectivity index (χ4n) is 1.37. The lowest BCUT2D eigenvalue weighted by molar-refractivity contribution is -0.138. The summed E-state index contributed by atoms with van der Waals surface area (Å²) in [6.07, 6.45) is -5.33. The van der Waals surface area contributed by atoms with E-state index in [1.807, 2.05) is 0 Å². The summed E-state index contributed by atoms with van der Waals surface area (Å²) in [5.74, 6) is -0.549. The minimum atomic E-state index is -4.28. The molecular weight excluding hydrogens is 251 g/mol. The second-order valence-electron chi connectivity index (χ2n) is 3.71. The summed E-state index contributed by atoms with van der Waals surface area (Å²) in [5.41, 5.74) is 0.268. The van der Waals surface area contributed by atoms with Gasteiger partial charge in [-0.3, -0.25) is 4.79 Å². The van der Waals surface area contributed by atoms with Crippen LogP contribution in [-0.4, -0.2) is 18.1 Å². The first kappa shape index (κ1) is 13.9. The Morgan fingerprint density at radius 3 is 2.53 bits per heavy atom. The highest BCUT2D eigenvalue weighted by Crippen LogP contribution is 2.21. The Kier molecular flexibility index (Phi) is 4.45. The van der Waals surface area contributed by atoms with Crippen molar-refractivity contribution in [1.82, 2.24) is 5.32 Å². The van der Waals surface area contributed by atoms with E-state index in [0.29, 0.717) is 4.90 Å². The fraction of sp³-hybridized carbons (Fsp3) is 0.364. The number of alkyl halides is 3. The number of amides is 1. The molecule has 0 radical (unpaired) electrons. The van der Waals surface area contributed by atoms with Crippen LogP contribution in [-0.2, 0) is 0 Å². The van der Waals surface area contributed by atoms with Crippen molar-refractivity contribution >= 4 is 18.5 Å². The lowest BCUT2D eigenvalue weighted by atomic mass is 10.1. The zero-order chi connectivity index (χ0) is 13.1. The maximum atomic E-state index is 12.1. The van der Waals surface area contributed by atoms with Crippen molar-refractivity contribution in [3.8, 4) is 0 Å². The van der Waals surface area contributed by atoms with Gasteiger partial charge in [0.05, 0.1) is 12.0 Å². The molecule has 1 amide bonds. The van der Waals surface area contributed by atoms with Crippen LogP contribution >= 0.6 is 12.6 Å². The highest BCUT2D eigenvalue weighted by Gasteiger charge is 2.30.